The van der Waals surface area contributed by atoms with E-state index in [1.165, 1.54) is 12.1 Å². The van der Waals surface area contributed by atoms with Gasteiger partial charge in [-0.3, -0.25) is 4.79 Å². The lowest BCUT2D eigenvalue weighted by atomic mass is 9.91. The van der Waals surface area contributed by atoms with Crippen molar-refractivity contribution in [1.82, 2.24) is 0 Å². The second-order valence-electron chi connectivity index (χ2n) is 4.65. The number of halogens is 3. The SMILES string of the molecule is CCCCC(C(=O)O)C(O)c1ccc(OC(F)(F)F)cc1. The molecule has 118 valence electrons. The summed E-state index contributed by atoms with van der Waals surface area (Å²) in [4.78, 5) is 11.1. The van der Waals surface area contributed by atoms with E-state index in [0.29, 0.717) is 12.8 Å². The number of ether oxygens (including phenoxy) is 1. The van der Waals surface area contributed by atoms with E-state index in [4.69, 9.17) is 5.11 Å². The van der Waals surface area contributed by atoms with Crippen LogP contribution in [0.4, 0.5) is 13.2 Å². The van der Waals surface area contributed by atoms with E-state index in [-0.39, 0.29) is 5.56 Å². The van der Waals surface area contributed by atoms with E-state index in [1.807, 2.05) is 6.92 Å². The number of unbranched alkanes of at least 4 members (excludes halogenated alkanes) is 1. The Kier molecular flexibility index (Phi) is 6.02. The summed E-state index contributed by atoms with van der Waals surface area (Å²) in [5, 5.41) is 19.2. The van der Waals surface area contributed by atoms with Crippen molar-refractivity contribution in [3.05, 3.63) is 29.8 Å². The highest BCUT2D eigenvalue weighted by Gasteiger charge is 2.31. The van der Waals surface area contributed by atoms with Gasteiger partial charge in [0.1, 0.15) is 5.75 Å². The number of carboxylic acids is 1. The van der Waals surface area contributed by atoms with Crippen molar-refractivity contribution in [3.63, 3.8) is 0 Å². The number of carbonyl (C=O) groups is 1. The molecule has 0 fully saturated rings. The van der Waals surface area contributed by atoms with Gasteiger partial charge in [-0.25, -0.2) is 0 Å². The Bertz CT molecular complexity index is 456. The van der Waals surface area contributed by atoms with Crippen molar-refractivity contribution in [2.24, 2.45) is 5.92 Å². The number of alkyl halides is 3. The highest BCUT2D eigenvalue weighted by molar-refractivity contribution is 5.71. The Morgan fingerprint density at radius 1 is 1.29 bits per heavy atom. The summed E-state index contributed by atoms with van der Waals surface area (Å²) in [7, 11) is 0. The van der Waals surface area contributed by atoms with Crippen LogP contribution in [-0.2, 0) is 4.79 Å². The minimum Gasteiger partial charge on any atom is -0.481 e. The first-order valence-corrected chi connectivity index (χ1v) is 6.51. The van der Waals surface area contributed by atoms with Crippen LogP contribution in [0.1, 0.15) is 37.9 Å². The molecule has 0 aliphatic rings. The normalized spacial score (nSPS) is 14.5. The van der Waals surface area contributed by atoms with Crippen LogP contribution in [0.15, 0.2) is 24.3 Å². The number of rotatable bonds is 7. The number of benzene rings is 1. The molecule has 0 aromatic heterocycles. The maximum absolute atomic E-state index is 12.0. The quantitative estimate of drug-likeness (QED) is 0.809. The number of aliphatic carboxylic acids is 1. The van der Waals surface area contributed by atoms with Crippen LogP contribution in [0.5, 0.6) is 5.75 Å². The number of hydrogen-bond acceptors (Lipinski definition) is 3. The Labute approximate surface area is 120 Å². The average Bonchev–Trinajstić information content (AvgIpc) is 2.37. The summed E-state index contributed by atoms with van der Waals surface area (Å²) in [6.45, 7) is 1.90. The van der Waals surface area contributed by atoms with Crippen LogP contribution in [0.3, 0.4) is 0 Å². The molecule has 0 saturated carbocycles. The smallest absolute Gasteiger partial charge is 0.481 e. The summed E-state index contributed by atoms with van der Waals surface area (Å²) >= 11 is 0. The van der Waals surface area contributed by atoms with E-state index in [2.05, 4.69) is 4.74 Å². The third-order valence-corrected chi connectivity index (χ3v) is 3.02. The molecule has 2 unspecified atom stereocenters. The number of aliphatic hydroxyl groups excluding tert-OH is 1. The highest BCUT2D eigenvalue weighted by Crippen LogP contribution is 2.29. The molecular weight excluding hydrogens is 289 g/mol. The van der Waals surface area contributed by atoms with Crippen LogP contribution in [-0.4, -0.2) is 22.5 Å². The maximum Gasteiger partial charge on any atom is 0.573 e. The van der Waals surface area contributed by atoms with Crippen molar-refractivity contribution < 1.29 is 32.9 Å². The summed E-state index contributed by atoms with van der Waals surface area (Å²) in [6.07, 6.45) is -4.33. The Balaban J connectivity index is 2.81. The van der Waals surface area contributed by atoms with E-state index >= 15 is 0 Å². The zero-order valence-corrected chi connectivity index (χ0v) is 11.4. The maximum atomic E-state index is 12.0. The molecule has 0 bridgehead atoms. The topological polar surface area (TPSA) is 66.8 Å². The molecule has 0 saturated heterocycles. The van der Waals surface area contributed by atoms with Crippen molar-refractivity contribution in [2.45, 2.75) is 38.7 Å². The molecule has 7 heteroatoms. The fourth-order valence-electron chi connectivity index (χ4n) is 1.94. The summed E-state index contributed by atoms with van der Waals surface area (Å²) in [5.41, 5.74) is 0.244. The predicted octanol–water partition coefficient (Wildman–Crippen LogP) is 3.51. The van der Waals surface area contributed by atoms with Gasteiger partial charge in [0, 0.05) is 0 Å². The lowest BCUT2D eigenvalue weighted by Crippen LogP contribution is -2.22. The third kappa shape index (κ3) is 5.63. The van der Waals surface area contributed by atoms with Crippen LogP contribution in [0.2, 0.25) is 0 Å². The lowest BCUT2D eigenvalue weighted by molar-refractivity contribution is -0.274. The molecule has 0 aliphatic carbocycles. The number of aliphatic hydroxyl groups is 1. The Morgan fingerprint density at radius 3 is 2.29 bits per heavy atom. The summed E-state index contributed by atoms with van der Waals surface area (Å²) in [6, 6.07) is 4.55. The molecule has 21 heavy (non-hydrogen) atoms. The molecule has 0 spiro atoms. The van der Waals surface area contributed by atoms with Gasteiger partial charge in [-0.1, -0.05) is 31.9 Å². The Hall–Kier alpha value is -1.76. The minimum atomic E-state index is -4.79. The zero-order valence-electron chi connectivity index (χ0n) is 11.4. The van der Waals surface area contributed by atoms with Gasteiger partial charge in [0.25, 0.3) is 0 Å². The van der Waals surface area contributed by atoms with Gasteiger partial charge in [-0.05, 0) is 24.1 Å². The van der Waals surface area contributed by atoms with Crippen molar-refractivity contribution in [2.75, 3.05) is 0 Å². The van der Waals surface area contributed by atoms with E-state index in [0.717, 1.165) is 18.6 Å². The van der Waals surface area contributed by atoms with Crippen molar-refractivity contribution in [3.8, 4) is 5.75 Å². The lowest BCUT2D eigenvalue weighted by Gasteiger charge is -2.19. The number of carboxylic acid groups (broad SMARTS) is 1. The molecule has 1 aromatic rings. The molecular formula is C14H17F3O4. The van der Waals surface area contributed by atoms with Gasteiger partial charge < -0.3 is 14.9 Å². The van der Waals surface area contributed by atoms with E-state index in [1.54, 1.807) is 0 Å². The van der Waals surface area contributed by atoms with Gasteiger partial charge in [0.05, 0.1) is 12.0 Å². The molecule has 2 atom stereocenters. The van der Waals surface area contributed by atoms with E-state index < -0.39 is 30.1 Å². The fourth-order valence-corrected chi connectivity index (χ4v) is 1.94. The molecule has 0 aliphatic heterocycles. The number of hydrogen-bond donors (Lipinski definition) is 2. The second-order valence-corrected chi connectivity index (χ2v) is 4.65. The predicted molar refractivity (Wildman–Crippen MR) is 68.7 cm³/mol. The molecule has 1 aromatic carbocycles. The first-order chi connectivity index (χ1) is 9.74. The third-order valence-electron chi connectivity index (χ3n) is 3.02. The molecule has 0 radical (unpaired) electrons. The van der Waals surface area contributed by atoms with Crippen LogP contribution >= 0.6 is 0 Å². The molecule has 4 nitrogen and oxygen atoms in total. The van der Waals surface area contributed by atoms with Gasteiger partial charge in [-0.15, -0.1) is 13.2 Å². The largest absolute Gasteiger partial charge is 0.573 e. The minimum absolute atomic E-state index is 0.244. The second kappa shape index (κ2) is 7.31. The average molecular weight is 306 g/mol. The molecule has 1 rings (SSSR count). The van der Waals surface area contributed by atoms with Crippen molar-refractivity contribution in [1.29, 1.82) is 0 Å². The standard InChI is InChI=1S/C14H17F3O4/c1-2-3-4-11(13(19)20)12(18)9-5-7-10(8-6-9)21-14(15,16)17/h5-8,11-12,18H,2-4H2,1H3,(H,19,20). The first kappa shape index (κ1) is 17.3. The first-order valence-electron chi connectivity index (χ1n) is 6.51. The molecule has 0 heterocycles. The highest BCUT2D eigenvalue weighted by atomic mass is 19.4. The van der Waals surface area contributed by atoms with Gasteiger partial charge in [0.2, 0.25) is 0 Å². The molecule has 0 amide bonds. The van der Waals surface area contributed by atoms with Crippen LogP contribution in [0, 0.1) is 5.92 Å². The summed E-state index contributed by atoms with van der Waals surface area (Å²) < 4.78 is 39.8. The molecule has 2 N–H and O–H groups in total. The van der Waals surface area contributed by atoms with Crippen LogP contribution < -0.4 is 4.74 Å². The van der Waals surface area contributed by atoms with Crippen LogP contribution in [0.25, 0.3) is 0 Å². The van der Waals surface area contributed by atoms with Gasteiger partial charge in [-0.2, -0.15) is 0 Å². The van der Waals surface area contributed by atoms with Gasteiger partial charge >= 0.3 is 12.3 Å². The summed E-state index contributed by atoms with van der Waals surface area (Å²) in [5.74, 6) is -2.54. The zero-order chi connectivity index (χ0) is 16.0. The monoisotopic (exact) mass is 306 g/mol. The van der Waals surface area contributed by atoms with Crippen molar-refractivity contribution >= 4 is 5.97 Å². The van der Waals surface area contributed by atoms with E-state index in [9.17, 15) is 23.1 Å². The van der Waals surface area contributed by atoms with Gasteiger partial charge in [0.15, 0.2) is 0 Å². The fraction of sp³-hybridized carbons (Fsp3) is 0.500. The Morgan fingerprint density at radius 2 is 1.86 bits per heavy atom.